The van der Waals surface area contributed by atoms with Crippen LogP contribution in [0.2, 0.25) is 0 Å². The molecule has 2 aromatic rings. The Balaban J connectivity index is 1.82. The van der Waals surface area contributed by atoms with Crippen molar-refractivity contribution >= 4 is 23.2 Å². The molecule has 0 bridgehead atoms. The van der Waals surface area contributed by atoms with Gasteiger partial charge in [0.1, 0.15) is 5.82 Å². The number of amides is 2. The molecule has 1 aliphatic rings. The van der Waals surface area contributed by atoms with Gasteiger partial charge in [-0.25, -0.2) is 4.39 Å². The quantitative estimate of drug-likeness (QED) is 0.679. The van der Waals surface area contributed by atoms with Crippen LogP contribution in [0, 0.1) is 11.7 Å². The Labute approximate surface area is 176 Å². The van der Waals surface area contributed by atoms with Gasteiger partial charge in [-0.15, -0.1) is 0 Å². The number of hydrogen-bond donors (Lipinski definition) is 2. The summed E-state index contributed by atoms with van der Waals surface area (Å²) in [7, 11) is 1.58. The third-order valence-corrected chi connectivity index (χ3v) is 5.32. The summed E-state index contributed by atoms with van der Waals surface area (Å²) in [6.07, 6.45) is 2.15. The SMILES string of the molecule is COCCNC(=O)c1cc(NC(=O)c2ccc(F)cc2)ccc1N1CCC(C)CC1. The summed E-state index contributed by atoms with van der Waals surface area (Å²) in [4.78, 5) is 27.5. The molecular formula is C23H28FN3O3. The Bertz CT molecular complexity index is 878. The first-order valence-corrected chi connectivity index (χ1v) is 10.2. The maximum Gasteiger partial charge on any atom is 0.255 e. The van der Waals surface area contributed by atoms with E-state index in [-0.39, 0.29) is 11.8 Å². The van der Waals surface area contributed by atoms with Crippen LogP contribution in [0.5, 0.6) is 0 Å². The Morgan fingerprint density at radius 1 is 1.10 bits per heavy atom. The fourth-order valence-electron chi connectivity index (χ4n) is 3.49. The van der Waals surface area contributed by atoms with E-state index in [1.165, 1.54) is 24.3 Å². The lowest BCUT2D eigenvalue weighted by molar-refractivity contribution is 0.0936. The van der Waals surface area contributed by atoms with Crippen LogP contribution in [-0.4, -0.2) is 45.2 Å². The Morgan fingerprint density at radius 2 is 1.80 bits per heavy atom. The van der Waals surface area contributed by atoms with E-state index in [1.807, 2.05) is 6.07 Å². The van der Waals surface area contributed by atoms with Gasteiger partial charge in [-0.05, 0) is 61.2 Å². The number of rotatable bonds is 7. The minimum atomic E-state index is -0.401. The molecule has 1 saturated heterocycles. The summed E-state index contributed by atoms with van der Waals surface area (Å²) >= 11 is 0. The first-order valence-electron chi connectivity index (χ1n) is 10.2. The average Bonchev–Trinajstić information content (AvgIpc) is 2.75. The molecule has 2 amide bonds. The van der Waals surface area contributed by atoms with E-state index in [0.717, 1.165) is 31.6 Å². The molecule has 1 fully saturated rings. The van der Waals surface area contributed by atoms with E-state index in [2.05, 4.69) is 22.5 Å². The molecule has 0 radical (unpaired) electrons. The number of ether oxygens (including phenoxy) is 1. The van der Waals surface area contributed by atoms with Gasteiger partial charge in [0, 0.05) is 43.7 Å². The minimum absolute atomic E-state index is 0.210. The first-order chi connectivity index (χ1) is 14.5. The van der Waals surface area contributed by atoms with Gasteiger partial charge in [0.2, 0.25) is 0 Å². The molecule has 2 N–H and O–H groups in total. The molecule has 160 valence electrons. The molecule has 0 saturated carbocycles. The minimum Gasteiger partial charge on any atom is -0.383 e. The lowest BCUT2D eigenvalue weighted by Gasteiger charge is -2.33. The van der Waals surface area contributed by atoms with Crippen LogP contribution < -0.4 is 15.5 Å². The number of carbonyl (C=O) groups excluding carboxylic acids is 2. The van der Waals surface area contributed by atoms with E-state index >= 15 is 0 Å². The second-order valence-corrected chi connectivity index (χ2v) is 7.61. The lowest BCUT2D eigenvalue weighted by atomic mass is 9.97. The molecule has 1 heterocycles. The molecule has 0 atom stereocenters. The Hall–Kier alpha value is -2.93. The number of nitrogens with zero attached hydrogens (tertiary/aromatic N) is 1. The predicted octanol–water partition coefficient (Wildman–Crippen LogP) is 3.69. The van der Waals surface area contributed by atoms with Crippen molar-refractivity contribution in [3.63, 3.8) is 0 Å². The van der Waals surface area contributed by atoms with Gasteiger partial charge in [0.15, 0.2) is 0 Å². The molecule has 3 rings (SSSR count). The van der Waals surface area contributed by atoms with Crippen molar-refractivity contribution in [2.45, 2.75) is 19.8 Å². The molecule has 2 aromatic carbocycles. The molecule has 30 heavy (non-hydrogen) atoms. The largest absolute Gasteiger partial charge is 0.383 e. The molecule has 1 aliphatic heterocycles. The maximum atomic E-state index is 13.1. The monoisotopic (exact) mass is 413 g/mol. The van der Waals surface area contributed by atoms with Gasteiger partial charge in [-0.3, -0.25) is 9.59 Å². The first kappa shape index (κ1) is 21.8. The van der Waals surface area contributed by atoms with Crippen molar-refractivity contribution in [2.24, 2.45) is 5.92 Å². The predicted molar refractivity (Wildman–Crippen MR) is 116 cm³/mol. The van der Waals surface area contributed by atoms with E-state index in [9.17, 15) is 14.0 Å². The van der Waals surface area contributed by atoms with Gasteiger partial charge in [0.25, 0.3) is 11.8 Å². The third-order valence-electron chi connectivity index (χ3n) is 5.32. The number of nitrogens with one attached hydrogen (secondary N) is 2. The fourth-order valence-corrected chi connectivity index (χ4v) is 3.49. The molecule has 0 aliphatic carbocycles. The lowest BCUT2D eigenvalue weighted by Crippen LogP contribution is -2.35. The van der Waals surface area contributed by atoms with E-state index < -0.39 is 5.82 Å². The second-order valence-electron chi connectivity index (χ2n) is 7.61. The van der Waals surface area contributed by atoms with Crippen LogP contribution in [0.15, 0.2) is 42.5 Å². The van der Waals surface area contributed by atoms with E-state index in [1.54, 1.807) is 19.2 Å². The summed E-state index contributed by atoms with van der Waals surface area (Å²) in [6.45, 7) is 4.84. The van der Waals surface area contributed by atoms with E-state index in [0.29, 0.717) is 35.9 Å². The van der Waals surface area contributed by atoms with Crippen LogP contribution in [-0.2, 0) is 4.74 Å². The second kappa shape index (κ2) is 10.2. The van der Waals surface area contributed by atoms with E-state index in [4.69, 9.17) is 4.74 Å². The normalized spacial score (nSPS) is 14.4. The summed E-state index contributed by atoms with van der Waals surface area (Å²) in [5.74, 6) is -0.296. The number of methoxy groups -OCH3 is 1. The van der Waals surface area contributed by atoms with Crippen molar-refractivity contribution < 1.29 is 18.7 Å². The highest BCUT2D eigenvalue weighted by molar-refractivity contribution is 6.06. The molecule has 7 heteroatoms. The van der Waals surface area contributed by atoms with Crippen molar-refractivity contribution in [3.8, 4) is 0 Å². The highest BCUT2D eigenvalue weighted by Gasteiger charge is 2.22. The number of halogens is 1. The summed E-state index contributed by atoms with van der Waals surface area (Å²) in [5.41, 5.74) is 2.22. The van der Waals surface area contributed by atoms with Crippen LogP contribution in [0.3, 0.4) is 0 Å². The number of hydrogen-bond acceptors (Lipinski definition) is 4. The molecule has 0 aromatic heterocycles. The van der Waals surface area contributed by atoms with Crippen LogP contribution in [0.4, 0.5) is 15.8 Å². The smallest absolute Gasteiger partial charge is 0.255 e. The average molecular weight is 413 g/mol. The summed E-state index contributed by atoms with van der Waals surface area (Å²) in [5, 5.41) is 5.65. The van der Waals surface area contributed by atoms with Gasteiger partial charge >= 0.3 is 0 Å². The number of anilines is 2. The zero-order valence-electron chi connectivity index (χ0n) is 17.4. The van der Waals surface area contributed by atoms with Crippen molar-refractivity contribution in [1.82, 2.24) is 5.32 Å². The summed E-state index contributed by atoms with van der Waals surface area (Å²) < 4.78 is 18.1. The Morgan fingerprint density at radius 3 is 2.47 bits per heavy atom. The van der Waals surface area contributed by atoms with Crippen LogP contribution in [0.25, 0.3) is 0 Å². The fraction of sp³-hybridized carbons (Fsp3) is 0.391. The number of benzene rings is 2. The van der Waals surface area contributed by atoms with Gasteiger partial charge < -0.3 is 20.3 Å². The Kier molecular flexibility index (Phi) is 7.41. The number of piperidine rings is 1. The molecular weight excluding hydrogens is 385 g/mol. The standard InChI is InChI=1S/C23H28FN3O3/c1-16-9-12-27(13-10-16)21-8-7-19(15-20(21)23(29)25-11-14-30-2)26-22(28)17-3-5-18(24)6-4-17/h3-8,15-16H,9-14H2,1-2H3,(H,25,29)(H,26,28). The highest BCUT2D eigenvalue weighted by atomic mass is 19.1. The zero-order valence-corrected chi connectivity index (χ0v) is 17.4. The molecule has 0 unspecified atom stereocenters. The van der Waals surface area contributed by atoms with Crippen LogP contribution >= 0.6 is 0 Å². The molecule has 6 nitrogen and oxygen atoms in total. The van der Waals surface area contributed by atoms with Gasteiger partial charge in [-0.1, -0.05) is 6.92 Å². The summed E-state index contributed by atoms with van der Waals surface area (Å²) in [6, 6.07) is 10.7. The van der Waals surface area contributed by atoms with Crippen LogP contribution in [0.1, 0.15) is 40.5 Å². The molecule has 0 spiro atoms. The van der Waals surface area contributed by atoms with Crippen molar-refractivity contribution in [1.29, 1.82) is 0 Å². The van der Waals surface area contributed by atoms with Gasteiger partial charge in [0.05, 0.1) is 12.2 Å². The zero-order chi connectivity index (χ0) is 21.5. The third kappa shape index (κ3) is 5.57. The maximum absolute atomic E-state index is 13.1. The topological polar surface area (TPSA) is 70.7 Å². The highest BCUT2D eigenvalue weighted by Crippen LogP contribution is 2.29. The van der Waals surface area contributed by atoms with Gasteiger partial charge in [-0.2, -0.15) is 0 Å². The number of carbonyl (C=O) groups is 2. The van der Waals surface area contributed by atoms with Crippen molar-refractivity contribution in [2.75, 3.05) is 43.6 Å². The van der Waals surface area contributed by atoms with Crippen molar-refractivity contribution in [3.05, 3.63) is 59.4 Å².